The van der Waals surface area contributed by atoms with Gasteiger partial charge in [-0.1, -0.05) is 53.4 Å². The Morgan fingerprint density at radius 3 is 1.89 bits per heavy atom. The lowest BCUT2D eigenvalue weighted by atomic mass is 9.97. The molecular weight excluding hydrogens is 342 g/mol. The van der Waals surface area contributed by atoms with Crippen LogP contribution in [0.15, 0.2) is 0 Å². The maximum Gasteiger partial charge on any atom is 0.242 e. The number of rotatable bonds is 16. The Balaban J connectivity index is 4.73. The van der Waals surface area contributed by atoms with E-state index in [1.54, 1.807) is 0 Å². The smallest absolute Gasteiger partial charge is 0.242 e. The van der Waals surface area contributed by atoms with Gasteiger partial charge in [-0.3, -0.25) is 14.4 Å². The largest absolute Gasteiger partial charge is 0.356 e. The van der Waals surface area contributed by atoms with Gasteiger partial charge in [-0.25, -0.2) is 0 Å². The Bertz CT molecular complexity index is 427. The predicted octanol–water partition coefficient (Wildman–Crippen LogP) is 3.30. The van der Waals surface area contributed by atoms with Crippen molar-refractivity contribution in [3.8, 4) is 0 Å². The molecule has 0 spiro atoms. The molecule has 0 aromatic rings. The molecule has 2 atom stereocenters. The van der Waals surface area contributed by atoms with Gasteiger partial charge in [0.05, 0.1) is 0 Å². The van der Waals surface area contributed by atoms with Crippen molar-refractivity contribution in [1.29, 1.82) is 0 Å². The van der Waals surface area contributed by atoms with Crippen molar-refractivity contribution < 1.29 is 14.4 Å². The number of carbonyl (C=O) groups excluding carboxylic acids is 3. The zero-order chi connectivity index (χ0) is 20.5. The quantitative estimate of drug-likeness (QED) is 0.357. The van der Waals surface area contributed by atoms with E-state index in [-0.39, 0.29) is 30.1 Å². The van der Waals surface area contributed by atoms with Crippen molar-refractivity contribution in [2.45, 2.75) is 97.9 Å². The van der Waals surface area contributed by atoms with Gasteiger partial charge in [0, 0.05) is 25.4 Å². The Hall–Kier alpha value is -1.59. The lowest BCUT2D eigenvalue weighted by Gasteiger charge is -2.22. The standard InChI is InChI=1S/C21H41N3O3/c1-5-9-12-17(8-4)20(26)24-18(21(27)23-16-11-7-3)13-14-19(25)22-15-10-6-2/h17-18H,5-16H2,1-4H3,(H,22,25)(H,23,27)(H,24,26)/t17?,18-/m0/s1. The van der Waals surface area contributed by atoms with E-state index < -0.39 is 6.04 Å². The molecule has 3 amide bonds. The van der Waals surface area contributed by atoms with Crippen molar-refractivity contribution in [2.75, 3.05) is 13.1 Å². The van der Waals surface area contributed by atoms with Crippen LogP contribution in [-0.4, -0.2) is 36.9 Å². The fourth-order valence-electron chi connectivity index (χ4n) is 2.81. The number of hydrogen-bond donors (Lipinski definition) is 3. The summed E-state index contributed by atoms with van der Waals surface area (Å²) in [5.74, 6) is -0.409. The maximum absolute atomic E-state index is 12.6. The van der Waals surface area contributed by atoms with E-state index in [0.29, 0.717) is 19.5 Å². The third kappa shape index (κ3) is 12.4. The van der Waals surface area contributed by atoms with Crippen LogP contribution in [0.4, 0.5) is 0 Å². The van der Waals surface area contributed by atoms with Gasteiger partial charge in [-0.2, -0.15) is 0 Å². The summed E-state index contributed by atoms with van der Waals surface area (Å²) in [7, 11) is 0. The molecule has 0 fully saturated rings. The molecule has 0 saturated carbocycles. The van der Waals surface area contributed by atoms with Crippen molar-refractivity contribution in [2.24, 2.45) is 5.92 Å². The van der Waals surface area contributed by atoms with Gasteiger partial charge in [-0.05, 0) is 32.1 Å². The summed E-state index contributed by atoms with van der Waals surface area (Å²) in [5, 5.41) is 8.64. The zero-order valence-corrected chi connectivity index (χ0v) is 17.9. The van der Waals surface area contributed by atoms with Gasteiger partial charge < -0.3 is 16.0 Å². The summed E-state index contributed by atoms with van der Waals surface area (Å²) in [6.07, 6.45) is 8.06. The molecule has 3 N–H and O–H groups in total. The highest BCUT2D eigenvalue weighted by atomic mass is 16.2. The molecule has 6 nitrogen and oxygen atoms in total. The Morgan fingerprint density at radius 2 is 1.33 bits per heavy atom. The summed E-state index contributed by atoms with van der Waals surface area (Å²) in [6.45, 7) is 9.48. The Labute approximate surface area is 165 Å². The third-order valence-electron chi connectivity index (χ3n) is 4.74. The molecule has 0 aromatic heterocycles. The number of hydrogen-bond acceptors (Lipinski definition) is 3. The Morgan fingerprint density at radius 1 is 0.741 bits per heavy atom. The van der Waals surface area contributed by atoms with E-state index in [1.165, 1.54) is 0 Å². The van der Waals surface area contributed by atoms with Crippen LogP contribution in [0.1, 0.15) is 91.9 Å². The van der Waals surface area contributed by atoms with Crippen molar-refractivity contribution in [3.63, 3.8) is 0 Å². The van der Waals surface area contributed by atoms with E-state index in [0.717, 1.165) is 51.4 Å². The van der Waals surface area contributed by atoms with Crippen LogP contribution in [0.2, 0.25) is 0 Å². The first-order valence-corrected chi connectivity index (χ1v) is 10.8. The van der Waals surface area contributed by atoms with Crippen molar-refractivity contribution in [1.82, 2.24) is 16.0 Å². The number of amides is 3. The molecule has 0 radical (unpaired) electrons. The molecule has 0 bridgehead atoms. The number of nitrogens with one attached hydrogen (secondary N) is 3. The van der Waals surface area contributed by atoms with E-state index in [4.69, 9.17) is 0 Å². The average Bonchev–Trinajstić information content (AvgIpc) is 2.65. The molecule has 0 heterocycles. The predicted molar refractivity (Wildman–Crippen MR) is 110 cm³/mol. The molecule has 0 saturated heterocycles. The molecule has 0 aromatic carbocycles. The minimum atomic E-state index is -0.651. The van der Waals surface area contributed by atoms with Crippen LogP contribution >= 0.6 is 0 Å². The van der Waals surface area contributed by atoms with Gasteiger partial charge in [0.25, 0.3) is 0 Å². The van der Waals surface area contributed by atoms with E-state index in [9.17, 15) is 14.4 Å². The summed E-state index contributed by atoms with van der Waals surface area (Å²) in [5.41, 5.74) is 0. The third-order valence-corrected chi connectivity index (χ3v) is 4.74. The molecule has 0 aliphatic carbocycles. The first-order valence-electron chi connectivity index (χ1n) is 10.8. The van der Waals surface area contributed by atoms with E-state index in [2.05, 4.69) is 36.7 Å². The normalized spacial score (nSPS) is 12.9. The fourth-order valence-corrected chi connectivity index (χ4v) is 2.81. The summed E-state index contributed by atoms with van der Waals surface area (Å²) in [4.78, 5) is 37.0. The monoisotopic (exact) mass is 383 g/mol. The second-order valence-corrected chi connectivity index (χ2v) is 7.20. The van der Waals surface area contributed by atoms with E-state index >= 15 is 0 Å². The number of carbonyl (C=O) groups is 3. The maximum atomic E-state index is 12.6. The fraction of sp³-hybridized carbons (Fsp3) is 0.857. The first kappa shape index (κ1) is 25.4. The zero-order valence-electron chi connectivity index (χ0n) is 17.9. The van der Waals surface area contributed by atoms with Gasteiger partial charge in [0.15, 0.2) is 0 Å². The lowest BCUT2D eigenvalue weighted by molar-refractivity contribution is -0.132. The SMILES string of the molecule is CCCCNC(=O)CC[C@H](NC(=O)C(CC)CCCC)C(=O)NCCCC. The summed E-state index contributed by atoms with van der Waals surface area (Å²) in [6, 6.07) is -0.651. The average molecular weight is 384 g/mol. The summed E-state index contributed by atoms with van der Waals surface area (Å²) >= 11 is 0. The minimum absolute atomic E-state index is 0.0675. The number of unbranched alkanes of at least 4 members (excludes halogenated alkanes) is 3. The first-order chi connectivity index (χ1) is 13.0. The molecule has 6 heteroatoms. The second kappa shape index (κ2) is 16.6. The lowest BCUT2D eigenvalue weighted by Crippen LogP contribution is -2.49. The van der Waals surface area contributed by atoms with Gasteiger partial charge in [0.1, 0.15) is 6.04 Å². The van der Waals surface area contributed by atoms with Crippen molar-refractivity contribution >= 4 is 17.7 Å². The second-order valence-electron chi connectivity index (χ2n) is 7.20. The van der Waals surface area contributed by atoms with Crippen LogP contribution in [0.5, 0.6) is 0 Å². The Kier molecular flexibility index (Phi) is 15.6. The molecule has 1 unspecified atom stereocenters. The topological polar surface area (TPSA) is 87.3 Å². The van der Waals surface area contributed by atoms with E-state index in [1.807, 2.05) is 6.92 Å². The van der Waals surface area contributed by atoms with Crippen LogP contribution in [-0.2, 0) is 14.4 Å². The minimum Gasteiger partial charge on any atom is -0.356 e. The summed E-state index contributed by atoms with van der Waals surface area (Å²) < 4.78 is 0. The highest BCUT2D eigenvalue weighted by Crippen LogP contribution is 2.13. The van der Waals surface area contributed by atoms with Crippen LogP contribution in [0.3, 0.4) is 0 Å². The van der Waals surface area contributed by atoms with Gasteiger partial charge >= 0.3 is 0 Å². The molecule has 158 valence electrons. The highest BCUT2D eigenvalue weighted by molar-refractivity contribution is 5.89. The van der Waals surface area contributed by atoms with Crippen molar-refractivity contribution in [3.05, 3.63) is 0 Å². The van der Waals surface area contributed by atoms with Gasteiger partial charge in [0.2, 0.25) is 17.7 Å². The van der Waals surface area contributed by atoms with Crippen LogP contribution in [0, 0.1) is 5.92 Å². The molecule has 0 aliphatic heterocycles. The molecular formula is C21H41N3O3. The highest BCUT2D eigenvalue weighted by Gasteiger charge is 2.24. The van der Waals surface area contributed by atoms with Crippen LogP contribution in [0.25, 0.3) is 0 Å². The van der Waals surface area contributed by atoms with Gasteiger partial charge in [-0.15, -0.1) is 0 Å². The molecule has 27 heavy (non-hydrogen) atoms. The molecule has 0 aliphatic rings. The van der Waals surface area contributed by atoms with Crippen LogP contribution < -0.4 is 16.0 Å². The molecule has 0 rings (SSSR count).